The van der Waals surface area contributed by atoms with Crippen LogP contribution in [0.3, 0.4) is 0 Å². The number of esters is 1. The van der Waals surface area contributed by atoms with Crippen LogP contribution in [0.4, 0.5) is 0 Å². The average Bonchev–Trinajstić information content (AvgIpc) is 2.65. The van der Waals surface area contributed by atoms with Crippen molar-refractivity contribution in [1.29, 1.82) is 0 Å². The number of nitrogens with zero attached hydrogens (tertiary/aromatic N) is 3. The first-order chi connectivity index (χ1) is 7.13. The molecule has 7 heteroatoms. The van der Waals surface area contributed by atoms with Crippen molar-refractivity contribution < 1.29 is 14.3 Å². The van der Waals surface area contributed by atoms with Crippen molar-refractivity contribution in [2.24, 2.45) is 0 Å². The van der Waals surface area contributed by atoms with Gasteiger partial charge in [0.2, 0.25) is 5.91 Å². The zero-order chi connectivity index (χ0) is 11.3. The third kappa shape index (κ3) is 3.37. The molecule has 0 bridgehead atoms. The molecule has 82 valence electrons. The van der Waals surface area contributed by atoms with Crippen LogP contribution >= 0.6 is 0 Å². The SMILES string of the molecule is COC(=O)c1cn(CCNC(C)=O)nn1. The van der Waals surface area contributed by atoms with Gasteiger partial charge in [-0.3, -0.25) is 4.79 Å². The third-order valence-electron chi connectivity index (χ3n) is 1.65. The van der Waals surface area contributed by atoms with Crippen LogP contribution in [0.1, 0.15) is 17.4 Å². The average molecular weight is 212 g/mol. The van der Waals surface area contributed by atoms with E-state index in [9.17, 15) is 9.59 Å². The summed E-state index contributed by atoms with van der Waals surface area (Å²) in [6.45, 7) is 2.34. The monoisotopic (exact) mass is 212 g/mol. The van der Waals surface area contributed by atoms with Gasteiger partial charge in [0, 0.05) is 13.5 Å². The van der Waals surface area contributed by atoms with Crippen LogP contribution in [-0.4, -0.2) is 40.5 Å². The summed E-state index contributed by atoms with van der Waals surface area (Å²) in [5.74, 6) is -0.635. The van der Waals surface area contributed by atoms with E-state index in [0.29, 0.717) is 13.1 Å². The number of ether oxygens (including phenoxy) is 1. The molecule has 0 unspecified atom stereocenters. The van der Waals surface area contributed by atoms with Crippen molar-refractivity contribution in [3.63, 3.8) is 0 Å². The molecule has 15 heavy (non-hydrogen) atoms. The number of rotatable bonds is 4. The number of methoxy groups -OCH3 is 1. The van der Waals surface area contributed by atoms with E-state index in [2.05, 4.69) is 20.4 Å². The molecule has 1 aromatic rings. The van der Waals surface area contributed by atoms with E-state index in [4.69, 9.17) is 0 Å². The normalized spacial score (nSPS) is 9.73. The fourth-order valence-corrected chi connectivity index (χ4v) is 0.952. The summed E-state index contributed by atoms with van der Waals surface area (Å²) in [4.78, 5) is 21.6. The summed E-state index contributed by atoms with van der Waals surface area (Å²) in [7, 11) is 1.28. The molecule has 0 aromatic carbocycles. The van der Waals surface area contributed by atoms with Crippen LogP contribution in [0.15, 0.2) is 6.20 Å². The van der Waals surface area contributed by atoms with Crippen LogP contribution in [0.2, 0.25) is 0 Å². The Morgan fingerprint density at radius 3 is 2.93 bits per heavy atom. The summed E-state index contributed by atoms with van der Waals surface area (Å²) in [5.41, 5.74) is 0.153. The lowest BCUT2D eigenvalue weighted by Crippen LogP contribution is -2.24. The lowest BCUT2D eigenvalue weighted by atomic mass is 10.5. The predicted molar refractivity (Wildman–Crippen MR) is 50.0 cm³/mol. The molecule has 0 aliphatic rings. The molecule has 1 rings (SSSR count). The molecule has 1 heterocycles. The molecule has 1 amide bonds. The largest absolute Gasteiger partial charge is 0.464 e. The molecular formula is C8H12N4O3. The first kappa shape index (κ1) is 11.2. The highest BCUT2D eigenvalue weighted by atomic mass is 16.5. The van der Waals surface area contributed by atoms with Crippen molar-refractivity contribution in [3.05, 3.63) is 11.9 Å². The Labute approximate surface area is 86.4 Å². The summed E-state index contributed by atoms with van der Waals surface area (Å²) in [5, 5.41) is 9.91. The summed E-state index contributed by atoms with van der Waals surface area (Å²) in [6, 6.07) is 0. The fraction of sp³-hybridized carbons (Fsp3) is 0.500. The maximum absolute atomic E-state index is 11.0. The Balaban J connectivity index is 2.46. The second-order valence-electron chi connectivity index (χ2n) is 2.84. The van der Waals surface area contributed by atoms with Gasteiger partial charge in [-0.1, -0.05) is 5.21 Å². The molecular weight excluding hydrogens is 200 g/mol. The lowest BCUT2D eigenvalue weighted by molar-refractivity contribution is -0.118. The van der Waals surface area contributed by atoms with Crippen LogP contribution < -0.4 is 5.32 Å². The Morgan fingerprint density at radius 1 is 1.60 bits per heavy atom. The maximum atomic E-state index is 11.0. The second-order valence-corrected chi connectivity index (χ2v) is 2.84. The van der Waals surface area contributed by atoms with Crippen LogP contribution in [0, 0.1) is 0 Å². The highest BCUT2D eigenvalue weighted by Gasteiger charge is 2.09. The standard InChI is InChI=1S/C8H12N4O3/c1-6(13)9-3-4-12-5-7(10-11-12)8(14)15-2/h5H,3-4H2,1-2H3,(H,9,13). The van der Waals surface area contributed by atoms with Gasteiger partial charge in [-0.15, -0.1) is 5.10 Å². The summed E-state index contributed by atoms with van der Waals surface area (Å²) >= 11 is 0. The van der Waals surface area contributed by atoms with E-state index < -0.39 is 5.97 Å². The maximum Gasteiger partial charge on any atom is 0.360 e. The van der Waals surface area contributed by atoms with Gasteiger partial charge in [-0.25, -0.2) is 9.48 Å². The smallest absolute Gasteiger partial charge is 0.360 e. The van der Waals surface area contributed by atoms with Gasteiger partial charge < -0.3 is 10.1 Å². The van der Waals surface area contributed by atoms with Gasteiger partial charge in [0.05, 0.1) is 19.9 Å². The van der Waals surface area contributed by atoms with Crippen LogP contribution in [0.5, 0.6) is 0 Å². The van der Waals surface area contributed by atoms with E-state index in [1.165, 1.54) is 24.9 Å². The molecule has 0 radical (unpaired) electrons. The summed E-state index contributed by atoms with van der Waals surface area (Å²) < 4.78 is 5.93. The van der Waals surface area contributed by atoms with Crippen LogP contribution in [0.25, 0.3) is 0 Å². The molecule has 0 aliphatic carbocycles. The van der Waals surface area contributed by atoms with E-state index in [1.807, 2.05) is 0 Å². The molecule has 0 saturated heterocycles. The first-order valence-electron chi connectivity index (χ1n) is 4.36. The number of nitrogens with one attached hydrogen (secondary N) is 1. The minimum atomic E-state index is -0.527. The van der Waals surface area contributed by atoms with Gasteiger partial charge in [0.25, 0.3) is 0 Å². The van der Waals surface area contributed by atoms with Crippen molar-refractivity contribution >= 4 is 11.9 Å². The summed E-state index contributed by atoms with van der Waals surface area (Å²) in [6.07, 6.45) is 1.47. The first-order valence-corrected chi connectivity index (χ1v) is 4.36. The van der Waals surface area contributed by atoms with Crippen molar-refractivity contribution in [1.82, 2.24) is 20.3 Å². The Kier molecular flexibility index (Phi) is 3.78. The zero-order valence-corrected chi connectivity index (χ0v) is 8.56. The van der Waals surface area contributed by atoms with E-state index >= 15 is 0 Å². The van der Waals surface area contributed by atoms with Gasteiger partial charge >= 0.3 is 5.97 Å². The van der Waals surface area contributed by atoms with Crippen molar-refractivity contribution in [3.8, 4) is 0 Å². The van der Waals surface area contributed by atoms with Crippen LogP contribution in [-0.2, 0) is 16.1 Å². The topological polar surface area (TPSA) is 86.1 Å². The molecule has 0 saturated carbocycles. The fourth-order valence-electron chi connectivity index (χ4n) is 0.952. The minimum absolute atomic E-state index is 0.108. The number of carbonyl (C=O) groups is 2. The number of hydrogen-bond acceptors (Lipinski definition) is 5. The molecule has 0 aliphatic heterocycles. The van der Waals surface area contributed by atoms with Crippen molar-refractivity contribution in [2.75, 3.05) is 13.7 Å². The highest BCUT2D eigenvalue weighted by molar-refractivity contribution is 5.86. The van der Waals surface area contributed by atoms with Gasteiger partial charge in [0.1, 0.15) is 0 Å². The number of amides is 1. The number of hydrogen-bond donors (Lipinski definition) is 1. The molecule has 7 nitrogen and oxygen atoms in total. The Morgan fingerprint density at radius 2 is 2.33 bits per heavy atom. The second kappa shape index (κ2) is 5.08. The van der Waals surface area contributed by atoms with Crippen molar-refractivity contribution in [2.45, 2.75) is 13.5 Å². The van der Waals surface area contributed by atoms with E-state index in [0.717, 1.165) is 0 Å². The quantitative estimate of drug-likeness (QED) is 0.660. The molecule has 0 spiro atoms. The minimum Gasteiger partial charge on any atom is -0.464 e. The Hall–Kier alpha value is -1.92. The highest BCUT2D eigenvalue weighted by Crippen LogP contribution is 1.94. The number of carbonyl (C=O) groups excluding carboxylic acids is 2. The lowest BCUT2D eigenvalue weighted by Gasteiger charge is -2.00. The van der Waals surface area contributed by atoms with Gasteiger partial charge in [-0.2, -0.15) is 0 Å². The van der Waals surface area contributed by atoms with Gasteiger partial charge in [-0.05, 0) is 0 Å². The van der Waals surface area contributed by atoms with Gasteiger partial charge in [0.15, 0.2) is 5.69 Å². The number of aromatic nitrogens is 3. The van der Waals surface area contributed by atoms with E-state index in [-0.39, 0.29) is 11.6 Å². The predicted octanol–water partition coefficient (Wildman–Crippen LogP) is -0.799. The third-order valence-corrected chi connectivity index (χ3v) is 1.65. The zero-order valence-electron chi connectivity index (χ0n) is 8.56. The molecule has 0 fully saturated rings. The molecule has 0 atom stereocenters. The van der Waals surface area contributed by atoms with E-state index in [1.54, 1.807) is 0 Å². The Bertz CT molecular complexity index is 361. The molecule has 1 aromatic heterocycles. The molecule has 1 N–H and O–H groups in total.